The fraction of sp³-hybridized carbons (Fsp3) is 0.609. The van der Waals surface area contributed by atoms with Gasteiger partial charge >= 0.3 is 51.4 Å². The maximum atomic E-state index is 11.1. The van der Waals surface area contributed by atoms with E-state index in [1.54, 1.807) is 18.2 Å². The summed E-state index contributed by atoms with van der Waals surface area (Å²) in [5.41, 5.74) is 1.20. The molecule has 1 aromatic carbocycles. The predicted octanol–water partition coefficient (Wildman–Crippen LogP) is 4.00. The monoisotopic (exact) mass is 493 g/mol. The van der Waals surface area contributed by atoms with Gasteiger partial charge in [0.1, 0.15) is 5.78 Å². The summed E-state index contributed by atoms with van der Waals surface area (Å²) < 4.78 is 4.44. The van der Waals surface area contributed by atoms with Crippen LogP contribution in [0.5, 0.6) is 0 Å². The molecule has 0 unspecified atom stereocenters. The van der Waals surface area contributed by atoms with Crippen molar-refractivity contribution in [1.82, 2.24) is 0 Å². The summed E-state index contributed by atoms with van der Waals surface area (Å²) >= 11 is 0. The molecule has 0 saturated heterocycles. The third kappa shape index (κ3) is 27.1. The molecule has 28 heavy (non-hydrogen) atoms. The molecule has 1 rings (SSSR count). The molecule has 5 heteroatoms. The van der Waals surface area contributed by atoms with Crippen LogP contribution >= 0.6 is 0 Å². The van der Waals surface area contributed by atoms with Gasteiger partial charge in [-0.05, 0) is 12.8 Å². The number of carbonyl (C=O) groups excluding carboxylic acids is 2. The standard InChI is InChI=1S/C10H8O3.C8H18.2C2H6.CH3.K.Y/c1-8(12)10-5-3-2-4-9(10)6-13-7-11;1-4-6-8(3)7-5-2;2*1-2;;;/h2,4-5H,6H2,1H3;8H,4-7H2,1-3H3;2*1-2H3;1H3;;/q-2;;;;-1;+1;. The second-order valence-electron chi connectivity index (χ2n) is 5.19. The minimum atomic E-state index is -0.0682. The molecule has 1 aromatic rings. The first kappa shape index (κ1) is 43.1. The zero-order valence-electron chi connectivity index (χ0n) is 20.1. The van der Waals surface area contributed by atoms with Crippen LogP contribution in [-0.2, 0) is 48.8 Å². The van der Waals surface area contributed by atoms with Crippen molar-refractivity contribution in [2.24, 2.45) is 5.92 Å². The third-order valence-corrected chi connectivity index (χ3v) is 3.18. The van der Waals surface area contributed by atoms with Crippen LogP contribution in [0.4, 0.5) is 0 Å². The molecule has 0 amide bonds. The van der Waals surface area contributed by atoms with E-state index < -0.39 is 0 Å². The Kier molecular flexibility index (Phi) is 54.6. The number of ether oxygens (including phenoxy) is 1. The Hall–Kier alpha value is 1.10. The first-order valence-electron chi connectivity index (χ1n) is 9.55. The molecule has 3 nitrogen and oxygen atoms in total. The fourth-order valence-electron chi connectivity index (χ4n) is 2.15. The number of carbonyl (C=O) groups is 1. The average molecular weight is 494 g/mol. The van der Waals surface area contributed by atoms with Crippen LogP contribution in [0, 0.1) is 19.4 Å². The molecule has 0 aliphatic rings. The summed E-state index contributed by atoms with van der Waals surface area (Å²) in [6.45, 7) is 17.7. The topological polar surface area (TPSA) is 43.4 Å². The van der Waals surface area contributed by atoms with Gasteiger partial charge in [-0.2, -0.15) is 24.3 Å². The number of benzene rings is 1. The number of hydrogen-bond acceptors (Lipinski definition) is 3. The molecule has 0 aromatic heterocycles. The zero-order chi connectivity index (χ0) is 20.1. The summed E-state index contributed by atoms with van der Waals surface area (Å²) in [7, 11) is 0. The van der Waals surface area contributed by atoms with Crippen LogP contribution in [0.3, 0.4) is 0 Å². The van der Waals surface area contributed by atoms with Crippen molar-refractivity contribution in [3.05, 3.63) is 42.8 Å². The van der Waals surface area contributed by atoms with Crippen LogP contribution in [0.25, 0.3) is 0 Å². The average Bonchev–Trinajstić information content (AvgIpc) is 2.64. The minimum absolute atomic E-state index is 0. The van der Waals surface area contributed by atoms with Crippen molar-refractivity contribution < 1.29 is 98.4 Å². The molecule has 1 radical (unpaired) electrons. The normalized spacial score (nSPS) is 7.75. The van der Waals surface area contributed by atoms with E-state index in [1.807, 2.05) is 27.7 Å². The largest absolute Gasteiger partial charge is 1.00 e. The molecule has 0 heterocycles. The molecule has 157 valence electrons. The van der Waals surface area contributed by atoms with E-state index in [-0.39, 0.29) is 104 Å². The van der Waals surface area contributed by atoms with Gasteiger partial charge in [0.2, 0.25) is 0 Å². The van der Waals surface area contributed by atoms with Crippen LogP contribution < -0.4 is 51.4 Å². The molecule has 0 aliphatic carbocycles. The van der Waals surface area contributed by atoms with Gasteiger partial charge in [0.05, 0.1) is 6.61 Å². The molecule has 0 aliphatic heterocycles. The van der Waals surface area contributed by atoms with Gasteiger partial charge in [-0.25, -0.2) is 0 Å². The van der Waals surface area contributed by atoms with E-state index in [9.17, 15) is 9.59 Å². The molecule has 0 atom stereocenters. The zero-order valence-corrected chi connectivity index (χ0v) is 26.1. The summed E-state index contributed by atoms with van der Waals surface area (Å²) in [6.07, 6.45) is 5.52. The molecular weight excluding hydrogens is 452 g/mol. The van der Waals surface area contributed by atoms with Gasteiger partial charge in [0, 0.05) is 32.7 Å². The van der Waals surface area contributed by atoms with Gasteiger partial charge < -0.3 is 21.8 Å². The van der Waals surface area contributed by atoms with Crippen LogP contribution in [0.1, 0.15) is 97.0 Å². The second kappa shape index (κ2) is 35.5. The molecular formula is C23H41KO3Y-2. The summed E-state index contributed by atoms with van der Waals surface area (Å²) in [5.74, 6) is 0.895. The molecule has 0 spiro atoms. The van der Waals surface area contributed by atoms with Crippen molar-refractivity contribution in [3.8, 4) is 0 Å². The van der Waals surface area contributed by atoms with E-state index in [2.05, 4.69) is 31.6 Å². The van der Waals surface area contributed by atoms with Gasteiger partial charge in [0.15, 0.2) is 0 Å². The predicted molar refractivity (Wildman–Crippen MR) is 114 cm³/mol. The van der Waals surface area contributed by atoms with Gasteiger partial charge in [-0.1, -0.05) is 86.2 Å². The Bertz CT molecular complexity index is 420. The Labute approximate surface area is 243 Å². The van der Waals surface area contributed by atoms with E-state index >= 15 is 0 Å². The molecule has 0 N–H and O–H groups in total. The van der Waals surface area contributed by atoms with Crippen molar-refractivity contribution in [2.45, 2.75) is 87.7 Å². The summed E-state index contributed by atoms with van der Waals surface area (Å²) in [6, 6.07) is 7.71. The first-order chi connectivity index (χ1) is 12.1. The van der Waals surface area contributed by atoms with E-state index in [1.165, 1.54) is 39.1 Å². The Balaban J connectivity index is -0.0000000711. The molecule has 0 fully saturated rings. The summed E-state index contributed by atoms with van der Waals surface area (Å²) in [4.78, 5) is 20.9. The fourth-order valence-corrected chi connectivity index (χ4v) is 2.15. The number of hydrogen-bond donors (Lipinski definition) is 0. The summed E-state index contributed by atoms with van der Waals surface area (Å²) in [5, 5.41) is 0. The van der Waals surface area contributed by atoms with E-state index in [0.717, 1.165) is 5.92 Å². The number of Topliss-reactive ketones (excluding diaryl/α,β-unsaturated/α-hetero) is 1. The van der Waals surface area contributed by atoms with Gasteiger partial charge in [-0.15, -0.1) is 5.56 Å². The maximum Gasteiger partial charge on any atom is 1.00 e. The van der Waals surface area contributed by atoms with E-state index in [0.29, 0.717) is 11.1 Å². The Morgan fingerprint density at radius 3 is 1.96 bits per heavy atom. The molecule has 0 bridgehead atoms. The SMILES string of the molecule is CC.CC.CC(=O)c1c[c-]ccc1CO[C-]=O.CCCC(C)CCC.[CH3-].[K+].[Y]. The number of ketones is 1. The van der Waals surface area contributed by atoms with Crippen molar-refractivity contribution in [2.75, 3.05) is 0 Å². The smallest absolute Gasteiger partial charge is 0.651 e. The second-order valence-corrected chi connectivity index (χ2v) is 5.19. The van der Waals surface area contributed by atoms with Crippen LogP contribution in [-0.4, -0.2) is 12.3 Å². The maximum absolute atomic E-state index is 11.1. The van der Waals surface area contributed by atoms with Crippen molar-refractivity contribution in [1.29, 1.82) is 0 Å². The first-order valence-corrected chi connectivity index (χ1v) is 9.55. The minimum Gasteiger partial charge on any atom is -0.651 e. The van der Waals surface area contributed by atoms with Crippen LogP contribution in [0.2, 0.25) is 0 Å². The van der Waals surface area contributed by atoms with Crippen molar-refractivity contribution in [3.63, 3.8) is 0 Å². The number of rotatable bonds is 8. The van der Waals surface area contributed by atoms with E-state index in [4.69, 9.17) is 0 Å². The third-order valence-electron chi connectivity index (χ3n) is 3.18. The van der Waals surface area contributed by atoms with Gasteiger partial charge in [0.25, 0.3) is 0 Å². The Morgan fingerprint density at radius 1 is 1.14 bits per heavy atom. The van der Waals surface area contributed by atoms with Crippen LogP contribution in [0.15, 0.2) is 18.2 Å². The molecule has 0 saturated carbocycles. The quantitative estimate of drug-likeness (QED) is 0.312. The Morgan fingerprint density at radius 2 is 1.61 bits per heavy atom. The van der Waals surface area contributed by atoms with Crippen molar-refractivity contribution >= 4 is 12.3 Å². The van der Waals surface area contributed by atoms with Gasteiger partial charge in [-0.3, -0.25) is 0 Å².